The van der Waals surface area contributed by atoms with Gasteiger partial charge in [-0.25, -0.2) is 4.79 Å². The van der Waals surface area contributed by atoms with Crippen molar-refractivity contribution in [2.45, 2.75) is 26.4 Å². The van der Waals surface area contributed by atoms with Crippen molar-refractivity contribution in [1.82, 2.24) is 9.80 Å². The van der Waals surface area contributed by atoms with Gasteiger partial charge in [0.15, 0.2) is 0 Å². The largest absolute Gasteiger partial charge is 0.444 e. The van der Waals surface area contributed by atoms with E-state index in [0.717, 1.165) is 19.6 Å². The highest BCUT2D eigenvalue weighted by Crippen LogP contribution is 2.19. The molecule has 17 heavy (non-hydrogen) atoms. The zero-order chi connectivity index (χ0) is 13.1. The molecular formula is C12H24N2O3. The minimum atomic E-state index is -0.421. The molecule has 1 rings (SSSR count). The van der Waals surface area contributed by atoms with Crippen molar-refractivity contribution in [2.24, 2.45) is 5.92 Å². The van der Waals surface area contributed by atoms with Gasteiger partial charge in [0.1, 0.15) is 5.60 Å². The van der Waals surface area contributed by atoms with Crippen molar-refractivity contribution in [2.75, 3.05) is 39.8 Å². The second-order valence-corrected chi connectivity index (χ2v) is 5.74. The maximum Gasteiger partial charge on any atom is 0.410 e. The molecule has 0 spiro atoms. The van der Waals surface area contributed by atoms with Gasteiger partial charge in [-0.3, -0.25) is 0 Å². The Labute approximate surface area is 103 Å². The summed E-state index contributed by atoms with van der Waals surface area (Å²) in [5, 5.41) is 8.78. The summed E-state index contributed by atoms with van der Waals surface area (Å²) < 4.78 is 5.28. The van der Waals surface area contributed by atoms with Crippen molar-refractivity contribution in [3.8, 4) is 0 Å². The lowest BCUT2D eigenvalue weighted by molar-refractivity contribution is -0.00573. The van der Waals surface area contributed by atoms with Crippen molar-refractivity contribution in [3.05, 3.63) is 0 Å². The molecule has 0 aromatic heterocycles. The van der Waals surface area contributed by atoms with E-state index >= 15 is 0 Å². The first kappa shape index (κ1) is 14.3. The molecule has 0 radical (unpaired) electrons. The third kappa shape index (κ3) is 4.91. The topological polar surface area (TPSA) is 53.0 Å². The van der Waals surface area contributed by atoms with Crippen LogP contribution in [-0.2, 0) is 4.74 Å². The van der Waals surface area contributed by atoms with Crippen molar-refractivity contribution in [1.29, 1.82) is 0 Å². The van der Waals surface area contributed by atoms with Gasteiger partial charge >= 0.3 is 6.09 Å². The maximum atomic E-state index is 11.6. The predicted octanol–water partition coefficient (Wildman–Crippen LogP) is 0.777. The van der Waals surface area contributed by atoms with E-state index in [2.05, 4.69) is 4.90 Å². The number of amides is 1. The average Bonchev–Trinajstić information content (AvgIpc) is 2.07. The van der Waals surface area contributed by atoms with E-state index in [1.165, 1.54) is 0 Å². The van der Waals surface area contributed by atoms with E-state index < -0.39 is 5.60 Å². The molecule has 0 aromatic carbocycles. The monoisotopic (exact) mass is 244 g/mol. The highest BCUT2D eigenvalue weighted by atomic mass is 16.6. The minimum absolute atomic E-state index is 0.180. The van der Waals surface area contributed by atoms with Gasteiger partial charge < -0.3 is 19.6 Å². The molecular weight excluding hydrogens is 220 g/mol. The lowest BCUT2D eigenvalue weighted by Crippen LogP contribution is -2.54. The number of likely N-dealkylation sites (tertiary alicyclic amines) is 1. The van der Waals surface area contributed by atoms with Gasteiger partial charge in [0, 0.05) is 32.1 Å². The van der Waals surface area contributed by atoms with Crippen LogP contribution in [0.2, 0.25) is 0 Å². The number of rotatable bonds is 4. The van der Waals surface area contributed by atoms with E-state index in [0.29, 0.717) is 12.5 Å². The average molecular weight is 244 g/mol. The van der Waals surface area contributed by atoms with Crippen molar-refractivity contribution in [3.63, 3.8) is 0 Å². The lowest BCUT2D eigenvalue weighted by atomic mass is 10.0. The molecule has 1 fully saturated rings. The van der Waals surface area contributed by atoms with E-state index in [1.807, 2.05) is 27.8 Å². The van der Waals surface area contributed by atoms with Crippen LogP contribution in [-0.4, -0.2) is 66.4 Å². The molecule has 0 aromatic rings. The van der Waals surface area contributed by atoms with Crippen LogP contribution < -0.4 is 0 Å². The zero-order valence-corrected chi connectivity index (χ0v) is 11.3. The minimum Gasteiger partial charge on any atom is -0.444 e. The molecule has 1 saturated heterocycles. The van der Waals surface area contributed by atoms with Gasteiger partial charge in [-0.15, -0.1) is 0 Å². The van der Waals surface area contributed by atoms with Crippen LogP contribution in [0.15, 0.2) is 0 Å². The number of carbonyl (C=O) groups excluding carboxylic acids is 1. The normalized spacial score (nSPS) is 17.2. The summed E-state index contributed by atoms with van der Waals surface area (Å²) in [5.41, 5.74) is -0.421. The summed E-state index contributed by atoms with van der Waals surface area (Å²) in [5.74, 6) is 0.499. The summed E-state index contributed by atoms with van der Waals surface area (Å²) in [7, 11) is 1.98. The first-order valence-electron chi connectivity index (χ1n) is 6.09. The van der Waals surface area contributed by atoms with Crippen LogP contribution >= 0.6 is 0 Å². The van der Waals surface area contributed by atoms with Crippen LogP contribution in [0.5, 0.6) is 0 Å². The zero-order valence-electron chi connectivity index (χ0n) is 11.3. The molecule has 1 amide bonds. The summed E-state index contributed by atoms with van der Waals surface area (Å²) in [4.78, 5) is 15.5. The number of hydrogen-bond donors (Lipinski definition) is 1. The fourth-order valence-electron chi connectivity index (χ4n) is 1.86. The molecule has 1 aliphatic heterocycles. The van der Waals surface area contributed by atoms with E-state index in [1.54, 1.807) is 4.90 Å². The third-order valence-electron chi connectivity index (χ3n) is 2.66. The molecule has 0 saturated carbocycles. The molecule has 0 unspecified atom stereocenters. The number of likely N-dealkylation sites (N-methyl/N-ethyl adjacent to an activating group) is 1. The van der Waals surface area contributed by atoms with Crippen molar-refractivity contribution >= 4 is 6.09 Å². The Morgan fingerprint density at radius 2 is 2.06 bits per heavy atom. The SMILES string of the molecule is CN(CCO)CC1CN(C(=O)OC(C)(C)C)C1. The molecule has 1 aliphatic rings. The number of nitrogens with zero attached hydrogens (tertiary/aromatic N) is 2. The first-order valence-corrected chi connectivity index (χ1v) is 6.09. The smallest absolute Gasteiger partial charge is 0.410 e. The summed E-state index contributed by atoms with van der Waals surface area (Å²) in [6.07, 6.45) is -0.224. The molecule has 100 valence electrons. The van der Waals surface area contributed by atoms with Crippen molar-refractivity contribution < 1.29 is 14.6 Å². The molecule has 1 heterocycles. The van der Waals surface area contributed by atoms with Crippen LogP contribution in [0.3, 0.4) is 0 Å². The molecule has 5 heteroatoms. The number of carbonyl (C=O) groups is 1. The highest BCUT2D eigenvalue weighted by Gasteiger charge is 2.33. The van der Waals surface area contributed by atoms with Gasteiger partial charge in [0.2, 0.25) is 0 Å². The molecule has 0 atom stereocenters. The number of aliphatic hydroxyl groups excluding tert-OH is 1. The predicted molar refractivity (Wildman–Crippen MR) is 65.9 cm³/mol. The first-order chi connectivity index (χ1) is 7.81. The Morgan fingerprint density at radius 1 is 1.47 bits per heavy atom. The standard InChI is InChI=1S/C12H24N2O3/c1-12(2,3)17-11(16)14-8-10(9-14)7-13(4)5-6-15/h10,15H,5-9H2,1-4H3. The Balaban J connectivity index is 2.20. The summed E-state index contributed by atoms with van der Waals surface area (Å²) in [6, 6.07) is 0. The Morgan fingerprint density at radius 3 is 2.53 bits per heavy atom. The second-order valence-electron chi connectivity index (χ2n) is 5.74. The van der Waals surface area contributed by atoms with Crippen LogP contribution in [0, 0.1) is 5.92 Å². The van der Waals surface area contributed by atoms with E-state index in [4.69, 9.17) is 9.84 Å². The van der Waals surface area contributed by atoms with E-state index in [-0.39, 0.29) is 12.7 Å². The molecule has 0 aliphatic carbocycles. The van der Waals surface area contributed by atoms with Gasteiger partial charge in [0.25, 0.3) is 0 Å². The summed E-state index contributed by atoms with van der Waals surface area (Å²) >= 11 is 0. The Kier molecular flexibility index (Phi) is 4.77. The molecule has 5 nitrogen and oxygen atoms in total. The Hall–Kier alpha value is -0.810. The number of aliphatic hydroxyl groups is 1. The van der Waals surface area contributed by atoms with Crippen LogP contribution in [0.25, 0.3) is 0 Å². The quantitative estimate of drug-likeness (QED) is 0.794. The fraction of sp³-hybridized carbons (Fsp3) is 0.917. The number of hydrogen-bond acceptors (Lipinski definition) is 4. The van der Waals surface area contributed by atoms with Gasteiger partial charge in [0.05, 0.1) is 6.61 Å². The second kappa shape index (κ2) is 5.69. The van der Waals surface area contributed by atoms with Crippen LogP contribution in [0.4, 0.5) is 4.79 Å². The Bertz CT molecular complexity index is 257. The van der Waals surface area contributed by atoms with Gasteiger partial charge in [-0.2, -0.15) is 0 Å². The maximum absolute atomic E-state index is 11.6. The number of ether oxygens (including phenoxy) is 1. The molecule has 0 bridgehead atoms. The lowest BCUT2D eigenvalue weighted by Gasteiger charge is -2.41. The van der Waals surface area contributed by atoms with Crippen LogP contribution in [0.1, 0.15) is 20.8 Å². The highest BCUT2D eigenvalue weighted by molar-refractivity contribution is 5.69. The third-order valence-corrected chi connectivity index (χ3v) is 2.66. The fourth-order valence-corrected chi connectivity index (χ4v) is 1.86. The van der Waals surface area contributed by atoms with Gasteiger partial charge in [-0.1, -0.05) is 0 Å². The van der Waals surface area contributed by atoms with Gasteiger partial charge in [-0.05, 0) is 27.8 Å². The summed E-state index contributed by atoms with van der Waals surface area (Å²) in [6.45, 7) is 8.91. The molecule has 1 N–H and O–H groups in total. The van der Waals surface area contributed by atoms with E-state index in [9.17, 15) is 4.79 Å².